The van der Waals surface area contributed by atoms with E-state index >= 15 is 0 Å². The van der Waals surface area contributed by atoms with Gasteiger partial charge in [-0.2, -0.15) is 0 Å². The molecule has 0 aliphatic carbocycles. The Labute approximate surface area is 44.7 Å². The summed E-state index contributed by atoms with van der Waals surface area (Å²) in [5.41, 5.74) is 0. The van der Waals surface area contributed by atoms with Gasteiger partial charge in [0.15, 0.2) is 0 Å². The average Bonchev–Trinajstić information content (AvgIpc) is 0.918. The first-order valence-corrected chi connectivity index (χ1v) is 3.53. The summed E-state index contributed by atoms with van der Waals surface area (Å²) < 4.78 is 0. The summed E-state index contributed by atoms with van der Waals surface area (Å²) in [5, 5.41) is 0. The van der Waals surface area contributed by atoms with Gasteiger partial charge in [-0.1, -0.05) is 0 Å². The van der Waals surface area contributed by atoms with Gasteiger partial charge in [-0.25, -0.2) is 0 Å². The van der Waals surface area contributed by atoms with Crippen molar-refractivity contribution in [1.29, 1.82) is 0 Å². The van der Waals surface area contributed by atoms with E-state index in [4.69, 9.17) is 20.2 Å². The molecule has 0 bridgehead atoms. The molecule has 0 rings (SSSR count). The fourth-order valence-electron chi connectivity index (χ4n) is 0. The molecule has 0 aromatic heterocycles. The maximum atomic E-state index is 4.80. The predicted molar refractivity (Wildman–Crippen MR) is 18.9 cm³/mol. The van der Waals surface area contributed by atoms with E-state index in [0.29, 0.717) is 0 Å². The topological polar surface area (TPSA) is 63.0 Å². The molecule has 0 radical (unpaired) electrons. The van der Waals surface area contributed by atoms with E-state index in [9.17, 15) is 0 Å². The third-order valence-corrected chi connectivity index (χ3v) is 0. The Morgan fingerprint density at radius 2 is 1.00 bits per heavy atom. The molecule has 0 spiro atoms. The molecular weight excluding hydrogens is 158 g/mol. The molecule has 0 aliphatic rings. The number of hydrogen-bond acceptors (Lipinski definition) is 0. The molecule has 0 aliphatic heterocycles. The Kier molecular flexibility index (Phi) is 66.2. The quantitative estimate of drug-likeness (QED) is 0.440. The van der Waals surface area contributed by atoms with Gasteiger partial charge >= 0.3 is 33.3 Å². The van der Waals surface area contributed by atoms with Gasteiger partial charge in [-0.05, 0) is 0 Å². The fraction of sp³-hybridized carbons (Fsp3) is 0. The Hall–Kier alpha value is 1.02. The van der Waals surface area contributed by atoms with Crippen molar-refractivity contribution in [1.82, 2.24) is 0 Å². The normalized spacial score (nSPS) is 3.60. The summed E-state index contributed by atoms with van der Waals surface area (Å²) in [6.07, 6.45) is 0. The van der Waals surface area contributed by atoms with E-state index < -0.39 is 0 Å². The molecule has 0 aromatic carbocycles. The molecule has 5 heteroatoms. The van der Waals surface area contributed by atoms with Crippen LogP contribution in [0.4, 0.5) is 0 Å². The van der Waals surface area contributed by atoms with Crippen LogP contribution in [0.1, 0.15) is 0 Å². The minimum atomic E-state index is 0. The van der Waals surface area contributed by atoms with Crippen molar-refractivity contribution in [3.63, 3.8) is 0 Å². The summed E-state index contributed by atoms with van der Waals surface area (Å²) in [5.74, 6) is 0. The van der Waals surface area contributed by atoms with E-state index in [1.54, 1.807) is 0 Å². The van der Waals surface area contributed by atoms with Crippen molar-refractivity contribution in [2.24, 2.45) is 0 Å². The monoisotopic (exact) mass is 161 g/mol. The molecule has 0 heterocycles. The van der Waals surface area contributed by atoms with Crippen LogP contribution in [0.3, 0.4) is 0 Å². The molecule has 0 unspecified atom stereocenters. The van der Waals surface area contributed by atoms with Crippen LogP contribution in [0.15, 0.2) is 0 Å². The zero-order chi connectivity index (χ0) is 2.71. The molecule has 37 valence electrons. The van der Waals surface area contributed by atoms with Crippen molar-refractivity contribution in [3.05, 3.63) is 0 Å². The molecule has 2 nitrogen and oxygen atoms in total. The van der Waals surface area contributed by atoms with Crippen LogP contribution in [0, 0.1) is 0 Å². The van der Waals surface area contributed by atoms with Crippen LogP contribution < -0.4 is 0 Å². The van der Waals surface area contributed by atoms with Crippen molar-refractivity contribution in [2.75, 3.05) is 0 Å². The van der Waals surface area contributed by atoms with Crippen molar-refractivity contribution in [3.8, 4) is 0 Å². The van der Waals surface area contributed by atoms with E-state index in [1.807, 2.05) is 0 Å². The molecule has 0 saturated heterocycles. The Balaban J connectivity index is -0.0000000200. The van der Waals surface area contributed by atoms with E-state index in [2.05, 4.69) is 0 Å². The third kappa shape index (κ3) is 44.0. The van der Waals surface area contributed by atoms with Gasteiger partial charge in [0.2, 0.25) is 0 Å². The second kappa shape index (κ2) is 19.9. The van der Waals surface area contributed by atoms with Crippen LogP contribution in [-0.4, -0.2) is 11.0 Å². The first-order valence-electron chi connectivity index (χ1n) is 0.286. The number of hydrogen-bond donors (Lipinski definition) is 0. The Morgan fingerprint density at radius 1 is 1.00 bits per heavy atom. The summed E-state index contributed by atoms with van der Waals surface area (Å²) in [7, 11) is 9.59. The SMILES string of the molecule is O.O.[Cl][Mn][Cl]. The molecule has 0 amide bonds. The van der Waals surface area contributed by atoms with Gasteiger partial charge in [0.05, 0.1) is 0 Å². The van der Waals surface area contributed by atoms with Gasteiger partial charge in [0.25, 0.3) is 0 Å². The zero-order valence-electron chi connectivity index (χ0n) is 2.13. The standard InChI is InChI=1S/2ClH.Mn.2H2O/h2*1H;;2*1H2/q;;+2;;/p-2. The summed E-state index contributed by atoms with van der Waals surface area (Å²) >= 11 is 0.00694. The minimum absolute atomic E-state index is 0. The van der Waals surface area contributed by atoms with Crippen LogP contribution in [-0.2, 0) is 13.1 Å². The van der Waals surface area contributed by atoms with Gasteiger partial charge in [0, 0.05) is 0 Å². The molecular formula is H4Cl2MnO2. The molecule has 0 saturated carbocycles. The number of halogens is 2. The number of rotatable bonds is 0. The van der Waals surface area contributed by atoms with E-state index in [1.165, 1.54) is 0 Å². The van der Waals surface area contributed by atoms with Crippen LogP contribution in [0.5, 0.6) is 0 Å². The van der Waals surface area contributed by atoms with Gasteiger partial charge in [-0.3, -0.25) is 0 Å². The van der Waals surface area contributed by atoms with Crippen molar-refractivity contribution < 1.29 is 24.1 Å². The van der Waals surface area contributed by atoms with Crippen molar-refractivity contribution >= 4 is 20.2 Å². The molecule has 5 heavy (non-hydrogen) atoms. The zero-order valence-corrected chi connectivity index (χ0v) is 4.83. The summed E-state index contributed by atoms with van der Waals surface area (Å²) in [4.78, 5) is 0. The first kappa shape index (κ1) is 16.6. The third-order valence-electron chi connectivity index (χ3n) is 0. The second-order valence-electron chi connectivity index (χ2n) is 0.0540. The van der Waals surface area contributed by atoms with Gasteiger partial charge in [0.1, 0.15) is 0 Å². The van der Waals surface area contributed by atoms with Gasteiger partial charge < -0.3 is 11.0 Å². The van der Waals surface area contributed by atoms with Crippen molar-refractivity contribution in [2.45, 2.75) is 0 Å². The first-order chi connectivity index (χ1) is 1.41. The fourth-order valence-corrected chi connectivity index (χ4v) is 0. The Morgan fingerprint density at radius 3 is 1.00 bits per heavy atom. The van der Waals surface area contributed by atoms with Crippen LogP contribution >= 0.6 is 20.2 Å². The van der Waals surface area contributed by atoms with Crippen LogP contribution in [0.2, 0.25) is 0 Å². The van der Waals surface area contributed by atoms with Crippen LogP contribution in [0.25, 0.3) is 0 Å². The molecule has 0 atom stereocenters. The molecule has 0 fully saturated rings. The van der Waals surface area contributed by atoms with Gasteiger partial charge in [-0.15, -0.1) is 0 Å². The second-order valence-corrected chi connectivity index (χ2v) is 2.00. The summed E-state index contributed by atoms with van der Waals surface area (Å²) in [6, 6.07) is 0. The predicted octanol–water partition coefficient (Wildman–Crippen LogP) is -0.273. The average molecular weight is 162 g/mol. The summed E-state index contributed by atoms with van der Waals surface area (Å²) in [6.45, 7) is 0. The Bertz CT molecular complexity index is 7.61. The maximum absolute atomic E-state index is 4.80. The molecule has 0 aromatic rings. The van der Waals surface area contributed by atoms with E-state index in [-0.39, 0.29) is 24.1 Å². The van der Waals surface area contributed by atoms with E-state index in [0.717, 1.165) is 0 Å². The molecule has 4 N–H and O–H groups in total.